The number of aromatic nitrogens is 1. The number of carbonyl (C=O) groups is 1. The number of ketones is 1. The summed E-state index contributed by atoms with van der Waals surface area (Å²) < 4.78 is 5.03. The smallest absolute Gasteiger partial charge is 0.213 e. The maximum absolute atomic E-state index is 12.3. The van der Waals surface area contributed by atoms with E-state index in [1.807, 2.05) is 32.0 Å². The first-order valence-corrected chi connectivity index (χ1v) is 5.75. The summed E-state index contributed by atoms with van der Waals surface area (Å²) in [5, 5.41) is 0. The molecule has 0 fully saturated rings. The van der Waals surface area contributed by atoms with Gasteiger partial charge in [-0.2, -0.15) is 0 Å². The van der Waals surface area contributed by atoms with Gasteiger partial charge in [0.25, 0.3) is 0 Å². The van der Waals surface area contributed by atoms with E-state index in [9.17, 15) is 4.79 Å². The van der Waals surface area contributed by atoms with Gasteiger partial charge in [-0.3, -0.25) is 4.79 Å². The van der Waals surface area contributed by atoms with Gasteiger partial charge in [0.15, 0.2) is 0 Å². The third-order valence-electron chi connectivity index (χ3n) is 2.79. The van der Waals surface area contributed by atoms with Crippen LogP contribution in [0.1, 0.15) is 27.2 Å². The second kappa shape index (κ2) is 5.00. The molecule has 2 aromatic rings. The predicted octanol–water partition coefficient (Wildman–Crippen LogP) is 2.94. The number of methoxy groups -OCH3 is 1. The molecule has 0 aliphatic carbocycles. The lowest BCUT2D eigenvalue weighted by Crippen LogP contribution is -2.06. The quantitative estimate of drug-likeness (QED) is 0.775. The fourth-order valence-corrected chi connectivity index (χ4v) is 1.86. The number of rotatable bonds is 3. The van der Waals surface area contributed by atoms with Crippen LogP contribution in [0.4, 0.5) is 0 Å². The van der Waals surface area contributed by atoms with E-state index in [2.05, 4.69) is 4.98 Å². The van der Waals surface area contributed by atoms with Gasteiger partial charge in [-0.05, 0) is 25.5 Å². The van der Waals surface area contributed by atoms with Crippen molar-refractivity contribution in [3.05, 3.63) is 58.8 Å². The number of pyridine rings is 1. The second-order valence-electron chi connectivity index (χ2n) is 4.21. The number of aryl methyl sites for hydroxylation is 2. The zero-order valence-corrected chi connectivity index (χ0v) is 10.7. The van der Waals surface area contributed by atoms with Crippen LogP contribution in [-0.4, -0.2) is 17.9 Å². The largest absolute Gasteiger partial charge is 0.481 e. The molecule has 0 aliphatic heterocycles. The van der Waals surface area contributed by atoms with Crippen LogP contribution in [0.2, 0.25) is 0 Å². The van der Waals surface area contributed by atoms with Crippen molar-refractivity contribution in [1.82, 2.24) is 4.98 Å². The molecule has 0 saturated heterocycles. The molecule has 3 nitrogen and oxygen atoms in total. The van der Waals surface area contributed by atoms with E-state index in [0.29, 0.717) is 17.1 Å². The van der Waals surface area contributed by atoms with Gasteiger partial charge in [0, 0.05) is 11.6 Å². The van der Waals surface area contributed by atoms with Crippen LogP contribution >= 0.6 is 0 Å². The standard InChI is InChI=1S/C15H15NO2/c1-10-7-8-12(11(2)9-10)15(17)13-5-4-6-14(16-13)18-3/h4-9H,1-3H3. The molecule has 0 spiro atoms. The van der Waals surface area contributed by atoms with Crippen LogP contribution in [0.25, 0.3) is 0 Å². The van der Waals surface area contributed by atoms with E-state index in [-0.39, 0.29) is 5.78 Å². The fourth-order valence-electron chi connectivity index (χ4n) is 1.86. The molecule has 92 valence electrons. The average Bonchev–Trinajstić information content (AvgIpc) is 2.38. The average molecular weight is 241 g/mol. The third kappa shape index (κ3) is 2.40. The molecule has 2 rings (SSSR count). The number of hydrogen-bond donors (Lipinski definition) is 0. The van der Waals surface area contributed by atoms with Crippen LogP contribution in [-0.2, 0) is 0 Å². The van der Waals surface area contributed by atoms with Gasteiger partial charge in [-0.25, -0.2) is 4.98 Å². The first kappa shape index (κ1) is 12.3. The van der Waals surface area contributed by atoms with E-state index in [1.54, 1.807) is 18.2 Å². The molecule has 0 radical (unpaired) electrons. The molecule has 0 aliphatic rings. The Morgan fingerprint density at radius 2 is 1.94 bits per heavy atom. The summed E-state index contributed by atoms with van der Waals surface area (Å²) in [5.41, 5.74) is 3.19. The number of nitrogens with zero attached hydrogens (tertiary/aromatic N) is 1. The molecule has 18 heavy (non-hydrogen) atoms. The number of carbonyl (C=O) groups excluding carboxylic acids is 1. The first-order valence-electron chi connectivity index (χ1n) is 5.75. The van der Waals surface area contributed by atoms with Gasteiger partial charge >= 0.3 is 0 Å². The molecule has 0 atom stereocenters. The van der Waals surface area contributed by atoms with Crippen molar-refractivity contribution >= 4 is 5.78 Å². The third-order valence-corrected chi connectivity index (χ3v) is 2.79. The highest BCUT2D eigenvalue weighted by atomic mass is 16.5. The second-order valence-corrected chi connectivity index (χ2v) is 4.21. The molecular formula is C15H15NO2. The van der Waals surface area contributed by atoms with Gasteiger partial charge in [-0.15, -0.1) is 0 Å². The molecule has 0 amide bonds. The Hall–Kier alpha value is -2.16. The topological polar surface area (TPSA) is 39.2 Å². The van der Waals surface area contributed by atoms with Crippen molar-refractivity contribution in [3.63, 3.8) is 0 Å². The predicted molar refractivity (Wildman–Crippen MR) is 70.1 cm³/mol. The molecule has 1 aromatic carbocycles. The zero-order valence-electron chi connectivity index (χ0n) is 10.7. The minimum absolute atomic E-state index is 0.0774. The van der Waals surface area contributed by atoms with Gasteiger partial charge < -0.3 is 4.74 Å². The van der Waals surface area contributed by atoms with Crippen molar-refractivity contribution in [2.75, 3.05) is 7.11 Å². The molecule has 0 N–H and O–H groups in total. The summed E-state index contributed by atoms with van der Waals surface area (Å²) in [4.78, 5) is 16.5. The summed E-state index contributed by atoms with van der Waals surface area (Å²) in [6, 6.07) is 11.0. The van der Waals surface area contributed by atoms with Crippen LogP contribution in [0.15, 0.2) is 36.4 Å². The first-order chi connectivity index (χ1) is 8.61. The lowest BCUT2D eigenvalue weighted by molar-refractivity contribution is 0.103. The zero-order chi connectivity index (χ0) is 13.1. The van der Waals surface area contributed by atoms with Crippen molar-refractivity contribution in [2.24, 2.45) is 0 Å². The van der Waals surface area contributed by atoms with Crippen molar-refractivity contribution in [3.8, 4) is 5.88 Å². The Labute approximate surface area is 106 Å². The van der Waals surface area contributed by atoms with E-state index in [0.717, 1.165) is 11.1 Å². The Morgan fingerprint density at radius 3 is 2.61 bits per heavy atom. The molecular weight excluding hydrogens is 226 g/mol. The minimum atomic E-state index is -0.0774. The Kier molecular flexibility index (Phi) is 3.42. The Balaban J connectivity index is 2.41. The normalized spacial score (nSPS) is 10.2. The van der Waals surface area contributed by atoms with Crippen molar-refractivity contribution in [1.29, 1.82) is 0 Å². The summed E-state index contributed by atoms with van der Waals surface area (Å²) in [6.07, 6.45) is 0. The fraction of sp³-hybridized carbons (Fsp3) is 0.200. The number of ether oxygens (including phenoxy) is 1. The van der Waals surface area contributed by atoms with Gasteiger partial charge in [0.05, 0.1) is 7.11 Å². The summed E-state index contributed by atoms with van der Waals surface area (Å²) in [6.45, 7) is 3.94. The Bertz CT molecular complexity index is 591. The maximum atomic E-state index is 12.3. The van der Waals surface area contributed by atoms with E-state index < -0.39 is 0 Å². The Morgan fingerprint density at radius 1 is 1.17 bits per heavy atom. The molecule has 0 saturated carbocycles. The lowest BCUT2D eigenvalue weighted by Gasteiger charge is -2.06. The van der Waals surface area contributed by atoms with Crippen molar-refractivity contribution in [2.45, 2.75) is 13.8 Å². The summed E-state index contributed by atoms with van der Waals surface area (Å²) in [5.74, 6) is 0.372. The number of benzene rings is 1. The van der Waals surface area contributed by atoms with E-state index >= 15 is 0 Å². The van der Waals surface area contributed by atoms with E-state index in [1.165, 1.54) is 7.11 Å². The molecule has 1 heterocycles. The monoisotopic (exact) mass is 241 g/mol. The van der Waals surface area contributed by atoms with Gasteiger partial charge in [0.1, 0.15) is 5.69 Å². The lowest BCUT2D eigenvalue weighted by atomic mass is 10.0. The SMILES string of the molecule is COc1cccc(C(=O)c2ccc(C)cc2C)n1. The summed E-state index contributed by atoms with van der Waals surface area (Å²) in [7, 11) is 1.54. The van der Waals surface area contributed by atoms with Gasteiger partial charge in [0.2, 0.25) is 11.7 Å². The molecule has 0 bridgehead atoms. The highest BCUT2D eigenvalue weighted by Gasteiger charge is 2.13. The van der Waals surface area contributed by atoms with Crippen LogP contribution in [0.3, 0.4) is 0 Å². The van der Waals surface area contributed by atoms with E-state index in [4.69, 9.17) is 4.74 Å². The van der Waals surface area contributed by atoms with Crippen LogP contribution < -0.4 is 4.74 Å². The number of hydrogen-bond acceptors (Lipinski definition) is 3. The van der Waals surface area contributed by atoms with Crippen LogP contribution in [0, 0.1) is 13.8 Å². The maximum Gasteiger partial charge on any atom is 0.213 e. The molecule has 3 heteroatoms. The highest BCUT2D eigenvalue weighted by Crippen LogP contribution is 2.16. The highest BCUT2D eigenvalue weighted by molar-refractivity contribution is 6.08. The van der Waals surface area contributed by atoms with Crippen LogP contribution in [0.5, 0.6) is 5.88 Å². The molecule has 0 unspecified atom stereocenters. The molecule has 1 aromatic heterocycles. The minimum Gasteiger partial charge on any atom is -0.481 e. The summed E-state index contributed by atoms with van der Waals surface area (Å²) >= 11 is 0. The van der Waals surface area contributed by atoms with Crippen molar-refractivity contribution < 1.29 is 9.53 Å². The van der Waals surface area contributed by atoms with Gasteiger partial charge in [-0.1, -0.05) is 29.8 Å².